The third-order valence-corrected chi connectivity index (χ3v) is 15.3. The summed E-state index contributed by atoms with van der Waals surface area (Å²) < 4.78 is 131. The highest BCUT2D eigenvalue weighted by Gasteiger charge is 2.36. The van der Waals surface area contributed by atoms with E-state index in [0.717, 1.165) is 69.4 Å². The fourth-order valence-corrected chi connectivity index (χ4v) is 10.8. The molecule has 4 aromatic carbocycles. The maximum absolute atomic E-state index is 13.4. The number of piperidine rings is 1. The molecule has 0 atom stereocenters. The zero-order chi connectivity index (χ0) is 57.9. The highest BCUT2D eigenvalue weighted by atomic mass is 19.4. The van der Waals surface area contributed by atoms with Crippen LogP contribution in [0.1, 0.15) is 104 Å². The number of hydrogen-bond donors (Lipinski definition) is 3. The molecule has 0 aromatic heterocycles. The summed E-state index contributed by atoms with van der Waals surface area (Å²) in [5, 5.41) is 20.5. The molecule has 434 valence electrons. The summed E-state index contributed by atoms with van der Waals surface area (Å²) in [6, 6.07) is 17.5. The number of aryl methyl sites for hydroxylation is 3. The maximum Gasteiger partial charge on any atom is 0.416 e. The minimum Gasteiger partial charge on any atom is -0.382 e. The van der Waals surface area contributed by atoms with Crippen LogP contribution in [0.25, 0.3) is 4.85 Å². The van der Waals surface area contributed by atoms with E-state index >= 15 is 0 Å². The minimum atomic E-state index is -4.63. The van der Waals surface area contributed by atoms with E-state index in [1.807, 2.05) is 6.07 Å². The van der Waals surface area contributed by atoms with Crippen molar-refractivity contribution in [2.75, 3.05) is 72.9 Å². The normalized spacial score (nSPS) is 20.4. The second-order valence-electron chi connectivity index (χ2n) is 21.0. The molecule has 4 aromatic rings. The Morgan fingerprint density at radius 3 is 1.59 bits per heavy atom. The predicted molar refractivity (Wildman–Crippen MR) is 286 cm³/mol. The molecule has 2 saturated carbocycles. The molecule has 8 rings (SSSR count). The van der Waals surface area contributed by atoms with Gasteiger partial charge in [0.2, 0.25) is 11.8 Å². The van der Waals surface area contributed by atoms with Crippen molar-refractivity contribution in [2.45, 2.75) is 140 Å². The van der Waals surface area contributed by atoms with Gasteiger partial charge in [0.05, 0.1) is 40.4 Å². The van der Waals surface area contributed by atoms with E-state index in [1.54, 1.807) is 34.9 Å². The van der Waals surface area contributed by atoms with Gasteiger partial charge in [0.25, 0.3) is 5.69 Å². The number of alkyl halides is 9. The van der Waals surface area contributed by atoms with Crippen molar-refractivity contribution < 1.29 is 63.5 Å². The van der Waals surface area contributed by atoms with Crippen molar-refractivity contribution in [3.63, 3.8) is 0 Å². The number of rotatable bonds is 14. The lowest BCUT2D eigenvalue weighted by atomic mass is 9.92. The molecule has 80 heavy (non-hydrogen) atoms. The van der Waals surface area contributed by atoms with Crippen LogP contribution in [0.2, 0.25) is 0 Å². The molecular formula is C57H67F9N8O6. The van der Waals surface area contributed by atoms with Gasteiger partial charge in [0.1, 0.15) is 13.2 Å². The number of nitrogens with zero attached hydrogens (tertiary/aromatic N) is 5. The van der Waals surface area contributed by atoms with Crippen LogP contribution in [-0.4, -0.2) is 104 Å². The third kappa shape index (κ3) is 16.9. The summed E-state index contributed by atoms with van der Waals surface area (Å²) in [5.41, 5.74) is 0.618. The van der Waals surface area contributed by atoms with Crippen LogP contribution in [0, 0.1) is 37.5 Å². The largest absolute Gasteiger partial charge is 0.416 e. The van der Waals surface area contributed by atoms with E-state index in [0.29, 0.717) is 80.9 Å². The maximum atomic E-state index is 13.4. The smallest absolute Gasteiger partial charge is 0.382 e. The van der Waals surface area contributed by atoms with E-state index in [-0.39, 0.29) is 77.1 Å². The molecule has 2 heterocycles. The number of amides is 2. The van der Waals surface area contributed by atoms with Crippen molar-refractivity contribution >= 4 is 45.9 Å². The number of nitro benzene ring substituents is 1. The van der Waals surface area contributed by atoms with Crippen molar-refractivity contribution in [1.82, 2.24) is 10.2 Å². The summed E-state index contributed by atoms with van der Waals surface area (Å²) in [5.74, 6) is -0.343. The lowest BCUT2D eigenvalue weighted by Gasteiger charge is -2.34. The Balaban J connectivity index is 0.000000231. The summed E-state index contributed by atoms with van der Waals surface area (Å²) >= 11 is 0. The fraction of sp³-hybridized carbons (Fsp3) is 0.526. The molecule has 2 amide bonds. The van der Waals surface area contributed by atoms with E-state index in [1.165, 1.54) is 50.2 Å². The molecule has 2 aliphatic heterocycles. The first-order chi connectivity index (χ1) is 37.8. The highest BCUT2D eigenvalue weighted by Crippen LogP contribution is 2.40. The van der Waals surface area contributed by atoms with Crippen LogP contribution >= 0.6 is 0 Å². The number of benzene rings is 4. The van der Waals surface area contributed by atoms with Crippen LogP contribution in [0.4, 0.5) is 73.6 Å². The van der Waals surface area contributed by atoms with Gasteiger partial charge in [-0.1, -0.05) is 18.2 Å². The number of nitrogens with one attached hydrogen (secondary N) is 3. The molecule has 2 aliphatic carbocycles. The van der Waals surface area contributed by atoms with Gasteiger partial charge in [-0.05, 0) is 151 Å². The summed E-state index contributed by atoms with van der Waals surface area (Å²) in [7, 11) is 0. The summed E-state index contributed by atoms with van der Waals surface area (Å²) in [6.45, 7) is 14.6. The van der Waals surface area contributed by atoms with Crippen molar-refractivity contribution in [3.05, 3.63) is 128 Å². The molecule has 2 saturated heterocycles. The van der Waals surface area contributed by atoms with Gasteiger partial charge in [0.15, 0.2) is 5.69 Å². The van der Waals surface area contributed by atoms with Gasteiger partial charge in [-0.2, -0.15) is 39.5 Å². The lowest BCUT2D eigenvalue weighted by molar-refractivity contribution is -0.385. The zero-order valence-corrected chi connectivity index (χ0v) is 44.8. The van der Waals surface area contributed by atoms with Gasteiger partial charge in [-0.15, -0.1) is 0 Å². The minimum absolute atomic E-state index is 0.00708. The Morgan fingerprint density at radius 2 is 1.09 bits per heavy atom. The van der Waals surface area contributed by atoms with E-state index in [2.05, 4.69) is 25.7 Å². The molecule has 14 nitrogen and oxygen atoms in total. The Hall–Kier alpha value is -6.80. The molecule has 0 unspecified atom stereocenters. The fourth-order valence-electron chi connectivity index (χ4n) is 10.8. The molecule has 0 spiro atoms. The van der Waals surface area contributed by atoms with Crippen molar-refractivity contribution in [3.8, 4) is 0 Å². The molecule has 0 bridgehead atoms. The lowest BCUT2D eigenvalue weighted by Crippen LogP contribution is -2.46. The number of hydrogen-bond acceptors (Lipinski definition) is 10. The van der Waals surface area contributed by atoms with E-state index < -0.39 is 40.9 Å². The number of carbonyl (C=O) groups excluding carboxylic acids is 2. The quantitative estimate of drug-likeness (QED) is 0.0483. The van der Waals surface area contributed by atoms with Crippen molar-refractivity contribution in [2.24, 2.45) is 0 Å². The molecule has 0 radical (unpaired) electrons. The number of nitro groups is 1. The van der Waals surface area contributed by atoms with Gasteiger partial charge >= 0.3 is 18.5 Å². The number of halogens is 9. The zero-order valence-electron chi connectivity index (χ0n) is 44.8. The Morgan fingerprint density at radius 1 is 0.588 bits per heavy atom. The number of carbonyl (C=O) groups is 2. The number of ether oxygens (including phenoxy) is 2. The van der Waals surface area contributed by atoms with Crippen LogP contribution < -0.4 is 25.8 Å². The first-order valence-electron chi connectivity index (χ1n) is 26.9. The average Bonchev–Trinajstić information content (AvgIpc) is 3.69. The summed E-state index contributed by atoms with van der Waals surface area (Å²) in [6.07, 6.45) is -5.80. The van der Waals surface area contributed by atoms with Crippen LogP contribution in [-0.2, 0) is 37.6 Å². The molecule has 4 aliphatic rings. The predicted octanol–water partition coefficient (Wildman–Crippen LogP) is 12.8. The molecular weight excluding hydrogens is 1060 g/mol. The third-order valence-electron chi connectivity index (χ3n) is 15.3. The van der Waals surface area contributed by atoms with E-state index in [4.69, 9.17) is 16.0 Å². The molecule has 3 N–H and O–H groups in total. The first kappa shape index (κ1) is 60.8. The van der Waals surface area contributed by atoms with Gasteiger partial charge in [-0.25, -0.2) is 4.85 Å². The standard InChI is InChI=1S/C29H32F6N4O2.C28H35F3N4O4/c1-19-4-5-21(16-24(19)28(30,31)32)37-20-6-9-23(10-7-20)41-18-27(40)39-13-3-12-38(14-15-39)22-8-11-26(36-2)25(17-22)29(33,34)35;1-18-3-4-22(16-25(18)28(29,30)31)32-20-5-8-24(9-6-20)39-17-27(36)33-21-11-13-34(14-12-21)23-7-10-26(35(37)38)19(2)15-23/h4-5,8,11,16-17,20,23,37H,3,6-7,9-10,12-15,18H2,1H3;3-4,7,10,15-16,20-21,24,32H,5-6,8-9,11-14,17H2,1-2H3,(H,33,36). The Labute approximate surface area is 459 Å². The number of anilines is 4. The monoisotopic (exact) mass is 1130 g/mol. The van der Waals surface area contributed by atoms with Crippen molar-refractivity contribution in [1.29, 1.82) is 0 Å². The van der Waals surface area contributed by atoms with Crippen LogP contribution in [0.3, 0.4) is 0 Å². The molecule has 4 fully saturated rings. The first-order valence-corrected chi connectivity index (χ1v) is 26.9. The average molecular weight is 1130 g/mol. The topological polar surface area (TPSA) is 146 Å². The second kappa shape index (κ2) is 26.6. The van der Waals surface area contributed by atoms with Gasteiger partial charge < -0.3 is 40.1 Å². The van der Waals surface area contributed by atoms with Crippen LogP contribution in [0.5, 0.6) is 0 Å². The summed E-state index contributed by atoms with van der Waals surface area (Å²) in [4.78, 5) is 44.6. The highest BCUT2D eigenvalue weighted by molar-refractivity contribution is 5.78. The Kier molecular flexibility index (Phi) is 20.3. The van der Waals surface area contributed by atoms with Gasteiger partial charge in [-0.3, -0.25) is 19.7 Å². The van der Waals surface area contributed by atoms with Crippen LogP contribution in [0.15, 0.2) is 72.8 Å². The van der Waals surface area contributed by atoms with Gasteiger partial charge in [0, 0.05) is 91.8 Å². The SMILES string of the molecule is Cc1cc(N2CCC(NC(=O)COC3CCC(Nc4ccc(C)c(C(F)(F)F)c4)CC3)CC2)ccc1[N+](=O)[O-].[C-]#[N+]c1ccc(N2CCCN(C(=O)COC3CCC(Nc4ccc(C)c(C(F)(F)F)c4)CC3)CC2)cc1C(F)(F)F. The molecule has 23 heteroatoms. The second-order valence-corrected chi connectivity index (χ2v) is 21.0. The Bertz CT molecular complexity index is 2820. The van der Waals surface area contributed by atoms with E-state index in [9.17, 15) is 59.2 Å².